The van der Waals surface area contributed by atoms with E-state index in [1.807, 2.05) is 17.4 Å². The van der Waals surface area contributed by atoms with Gasteiger partial charge in [0.25, 0.3) is 0 Å². The number of rotatable bonds is 2. The number of hydrogen-bond acceptors (Lipinski definition) is 2. The lowest BCUT2D eigenvalue weighted by Gasteiger charge is -2.05. The second-order valence-corrected chi connectivity index (χ2v) is 5.66. The van der Waals surface area contributed by atoms with Crippen LogP contribution in [0.3, 0.4) is 0 Å². The van der Waals surface area contributed by atoms with Crippen LogP contribution in [0.2, 0.25) is 0 Å². The summed E-state index contributed by atoms with van der Waals surface area (Å²) in [4.78, 5) is 2.97. The summed E-state index contributed by atoms with van der Waals surface area (Å²) in [7, 11) is 0. The third-order valence-electron chi connectivity index (χ3n) is 2.19. The Morgan fingerprint density at radius 2 is 2.21 bits per heavy atom. The Labute approximate surface area is 95.9 Å². The largest absolute Gasteiger partial charge is 0.472 e. The van der Waals surface area contributed by atoms with E-state index in [0.717, 1.165) is 0 Å². The Morgan fingerprint density at radius 1 is 1.43 bits per heavy atom. The summed E-state index contributed by atoms with van der Waals surface area (Å²) in [6.45, 7) is 4.29. The molecule has 0 aliphatic carbocycles. The zero-order chi connectivity index (χ0) is 10.1. The van der Waals surface area contributed by atoms with Crippen LogP contribution >= 0.6 is 27.3 Å². The Hall–Kier alpha value is -0.540. The fraction of sp³-hybridized carbons (Fsp3) is 0.273. The van der Waals surface area contributed by atoms with E-state index in [1.165, 1.54) is 20.9 Å². The Kier molecular flexibility index (Phi) is 2.79. The number of furan rings is 1. The summed E-state index contributed by atoms with van der Waals surface area (Å²) >= 11 is 5.52. The molecule has 0 amide bonds. The first kappa shape index (κ1) is 9.99. The van der Waals surface area contributed by atoms with E-state index in [1.54, 1.807) is 12.5 Å². The maximum atomic E-state index is 5.08. The topological polar surface area (TPSA) is 13.1 Å². The third-order valence-corrected chi connectivity index (χ3v) is 4.19. The van der Waals surface area contributed by atoms with Crippen molar-refractivity contribution in [1.82, 2.24) is 0 Å². The van der Waals surface area contributed by atoms with Gasteiger partial charge in [-0.2, -0.15) is 0 Å². The zero-order valence-corrected chi connectivity index (χ0v) is 10.5. The van der Waals surface area contributed by atoms with Crippen LogP contribution in [0.4, 0.5) is 0 Å². The molecule has 74 valence electrons. The lowest BCUT2D eigenvalue weighted by molar-refractivity contribution is 0.564. The van der Waals surface area contributed by atoms with E-state index < -0.39 is 0 Å². The van der Waals surface area contributed by atoms with Crippen molar-refractivity contribution in [1.29, 1.82) is 0 Å². The number of aryl methyl sites for hydroxylation is 2. The predicted octanol–water partition coefficient (Wildman–Crippen LogP) is 4.44. The molecule has 0 bridgehead atoms. The number of hydrogen-bond donors (Lipinski definition) is 0. The van der Waals surface area contributed by atoms with Crippen molar-refractivity contribution >= 4 is 27.3 Å². The third kappa shape index (κ3) is 1.79. The fourth-order valence-corrected chi connectivity index (χ4v) is 3.35. The van der Waals surface area contributed by atoms with E-state index in [9.17, 15) is 0 Å². The minimum Gasteiger partial charge on any atom is -0.472 e. The normalized spacial score (nSPS) is 13.1. The second-order valence-electron chi connectivity index (χ2n) is 3.29. The van der Waals surface area contributed by atoms with E-state index in [0.29, 0.717) is 0 Å². The van der Waals surface area contributed by atoms with E-state index in [-0.39, 0.29) is 4.83 Å². The lowest BCUT2D eigenvalue weighted by Crippen LogP contribution is -1.89. The molecule has 1 atom stereocenters. The summed E-state index contributed by atoms with van der Waals surface area (Å²) < 4.78 is 5.08. The quantitative estimate of drug-likeness (QED) is 0.736. The molecule has 0 aliphatic heterocycles. The predicted molar refractivity (Wildman–Crippen MR) is 63.3 cm³/mol. The van der Waals surface area contributed by atoms with Gasteiger partial charge in [0.05, 0.1) is 17.4 Å². The molecule has 0 aromatic carbocycles. The van der Waals surface area contributed by atoms with Crippen molar-refractivity contribution in [2.24, 2.45) is 0 Å². The van der Waals surface area contributed by atoms with Crippen LogP contribution in [-0.4, -0.2) is 0 Å². The van der Waals surface area contributed by atoms with Crippen LogP contribution in [0.5, 0.6) is 0 Å². The van der Waals surface area contributed by atoms with E-state index in [4.69, 9.17) is 4.42 Å². The van der Waals surface area contributed by atoms with Gasteiger partial charge in [-0.15, -0.1) is 11.3 Å². The summed E-state index contributed by atoms with van der Waals surface area (Å²) in [5.41, 5.74) is 2.51. The van der Waals surface area contributed by atoms with Crippen LogP contribution in [-0.2, 0) is 0 Å². The molecule has 14 heavy (non-hydrogen) atoms. The van der Waals surface area contributed by atoms with Crippen molar-refractivity contribution in [3.63, 3.8) is 0 Å². The minimum absolute atomic E-state index is 0.256. The molecule has 2 heterocycles. The van der Waals surface area contributed by atoms with Gasteiger partial charge in [-0.25, -0.2) is 0 Å². The van der Waals surface area contributed by atoms with E-state index in [2.05, 4.69) is 35.8 Å². The summed E-state index contributed by atoms with van der Waals surface area (Å²) in [6.07, 6.45) is 3.49. The standard InChI is InChI=1S/C11H11BrOS/c1-7-5-10(8(2)14-7)11(12)9-3-4-13-6-9/h3-6,11H,1-2H3. The van der Waals surface area contributed by atoms with Crippen molar-refractivity contribution in [3.05, 3.63) is 45.5 Å². The summed E-state index contributed by atoms with van der Waals surface area (Å²) in [5.74, 6) is 0. The maximum Gasteiger partial charge on any atom is 0.0949 e. The van der Waals surface area contributed by atoms with Gasteiger partial charge in [-0.1, -0.05) is 15.9 Å². The first-order chi connectivity index (χ1) is 6.68. The average Bonchev–Trinajstić information content (AvgIpc) is 2.73. The highest BCUT2D eigenvalue weighted by molar-refractivity contribution is 9.09. The second kappa shape index (κ2) is 3.91. The first-order valence-electron chi connectivity index (χ1n) is 4.41. The zero-order valence-electron chi connectivity index (χ0n) is 8.08. The van der Waals surface area contributed by atoms with Gasteiger partial charge >= 0.3 is 0 Å². The fourth-order valence-electron chi connectivity index (χ4n) is 1.50. The molecule has 1 nitrogen and oxygen atoms in total. The molecule has 0 fully saturated rings. The smallest absolute Gasteiger partial charge is 0.0949 e. The van der Waals surface area contributed by atoms with E-state index >= 15 is 0 Å². The first-order valence-corrected chi connectivity index (χ1v) is 6.15. The van der Waals surface area contributed by atoms with Gasteiger partial charge in [0.15, 0.2) is 0 Å². The highest BCUT2D eigenvalue weighted by Gasteiger charge is 2.15. The van der Waals surface area contributed by atoms with Crippen molar-refractivity contribution in [2.75, 3.05) is 0 Å². The van der Waals surface area contributed by atoms with Gasteiger partial charge in [0.2, 0.25) is 0 Å². The van der Waals surface area contributed by atoms with Gasteiger partial charge in [0.1, 0.15) is 0 Å². The number of thiophene rings is 1. The molecule has 0 saturated carbocycles. The lowest BCUT2D eigenvalue weighted by atomic mass is 10.1. The van der Waals surface area contributed by atoms with Gasteiger partial charge in [-0.3, -0.25) is 0 Å². The molecule has 3 heteroatoms. The van der Waals surface area contributed by atoms with Gasteiger partial charge in [0, 0.05) is 15.3 Å². The highest BCUT2D eigenvalue weighted by atomic mass is 79.9. The Morgan fingerprint density at radius 3 is 2.71 bits per heavy atom. The molecular weight excluding hydrogens is 260 g/mol. The Balaban J connectivity index is 2.36. The molecular formula is C11H11BrOS. The number of alkyl halides is 1. The van der Waals surface area contributed by atoms with Crippen LogP contribution in [0, 0.1) is 13.8 Å². The minimum atomic E-state index is 0.256. The molecule has 0 aliphatic rings. The van der Waals surface area contributed by atoms with Crippen molar-refractivity contribution in [2.45, 2.75) is 18.7 Å². The summed E-state index contributed by atoms with van der Waals surface area (Å²) in [6, 6.07) is 4.22. The van der Waals surface area contributed by atoms with Crippen molar-refractivity contribution in [3.8, 4) is 0 Å². The molecule has 2 aromatic heterocycles. The molecule has 2 rings (SSSR count). The molecule has 2 aromatic rings. The molecule has 0 radical (unpaired) electrons. The van der Waals surface area contributed by atoms with Crippen molar-refractivity contribution < 1.29 is 4.42 Å². The molecule has 0 saturated heterocycles. The number of halogens is 1. The molecule has 1 unspecified atom stereocenters. The van der Waals surface area contributed by atoms with Gasteiger partial charge in [-0.05, 0) is 31.5 Å². The SMILES string of the molecule is Cc1cc(C(Br)c2ccoc2)c(C)s1. The molecule has 0 N–H and O–H groups in total. The van der Waals surface area contributed by atoms with Crippen LogP contribution in [0.15, 0.2) is 29.1 Å². The monoisotopic (exact) mass is 270 g/mol. The van der Waals surface area contributed by atoms with Crippen LogP contribution < -0.4 is 0 Å². The van der Waals surface area contributed by atoms with Gasteiger partial charge < -0.3 is 4.42 Å². The molecule has 0 spiro atoms. The highest BCUT2D eigenvalue weighted by Crippen LogP contribution is 2.36. The van der Waals surface area contributed by atoms with Crippen LogP contribution in [0.1, 0.15) is 25.7 Å². The summed E-state index contributed by atoms with van der Waals surface area (Å²) in [5, 5.41) is 0. The maximum absolute atomic E-state index is 5.08. The van der Waals surface area contributed by atoms with Crippen LogP contribution in [0.25, 0.3) is 0 Å². The Bertz CT molecular complexity index is 416. The average molecular weight is 271 g/mol.